The third-order valence-corrected chi connectivity index (χ3v) is 4.54. The van der Waals surface area contributed by atoms with Gasteiger partial charge < -0.3 is 0 Å². The summed E-state index contributed by atoms with van der Waals surface area (Å²) >= 11 is 0. The number of halogens is 2. The lowest BCUT2D eigenvalue weighted by Gasteiger charge is -2.24. The van der Waals surface area contributed by atoms with Crippen molar-refractivity contribution in [2.75, 3.05) is 0 Å². The van der Waals surface area contributed by atoms with Crippen molar-refractivity contribution in [1.82, 2.24) is 4.98 Å². The molecular weight excluding hydrogens is 268 g/mol. The van der Waals surface area contributed by atoms with E-state index in [2.05, 4.69) is 11.9 Å². The highest BCUT2D eigenvalue weighted by atomic mass is 19.1. The molecule has 0 aliphatic heterocycles. The topological polar surface area (TPSA) is 12.9 Å². The van der Waals surface area contributed by atoms with Crippen molar-refractivity contribution >= 4 is 0 Å². The summed E-state index contributed by atoms with van der Waals surface area (Å²) < 4.78 is 28.9. The van der Waals surface area contributed by atoms with E-state index in [4.69, 9.17) is 0 Å². The fourth-order valence-corrected chi connectivity index (χ4v) is 3.31. The quantitative estimate of drug-likeness (QED) is 0.760. The van der Waals surface area contributed by atoms with Gasteiger partial charge in [-0.05, 0) is 48.9 Å². The van der Waals surface area contributed by atoms with E-state index < -0.39 is 11.6 Å². The molecule has 0 N–H and O–H groups in total. The summed E-state index contributed by atoms with van der Waals surface area (Å²) in [6.45, 7) is 2.13. The second-order valence-electron chi connectivity index (χ2n) is 6.30. The largest absolute Gasteiger partial charge is 0.256 e. The lowest BCUT2D eigenvalue weighted by Crippen LogP contribution is -2.17. The van der Waals surface area contributed by atoms with E-state index in [1.165, 1.54) is 12.1 Å². The predicted molar refractivity (Wildman–Crippen MR) is 79.9 cm³/mol. The number of pyridine rings is 1. The number of hydrogen-bond acceptors (Lipinski definition) is 1. The molecule has 110 valence electrons. The summed E-state index contributed by atoms with van der Waals surface area (Å²) in [5.74, 6) is -0.901. The molecule has 1 nitrogen and oxygen atoms in total. The molecule has 1 aliphatic carbocycles. The van der Waals surface area contributed by atoms with Crippen LogP contribution in [0, 0.1) is 17.0 Å². The second-order valence-corrected chi connectivity index (χ2v) is 6.30. The van der Waals surface area contributed by atoms with E-state index in [9.17, 15) is 8.78 Å². The molecule has 0 bridgehead atoms. The summed E-state index contributed by atoms with van der Waals surface area (Å²) in [4.78, 5) is 4.17. The van der Waals surface area contributed by atoms with Crippen molar-refractivity contribution in [3.63, 3.8) is 0 Å². The monoisotopic (exact) mass is 287 g/mol. The molecule has 2 aromatic rings. The van der Waals surface area contributed by atoms with Crippen LogP contribution in [-0.4, -0.2) is 4.98 Å². The van der Waals surface area contributed by atoms with Gasteiger partial charge in [-0.3, -0.25) is 4.98 Å². The Morgan fingerprint density at radius 1 is 1.10 bits per heavy atom. The van der Waals surface area contributed by atoms with Crippen LogP contribution in [0.4, 0.5) is 8.78 Å². The molecule has 21 heavy (non-hydrogen) atoms. The Morgan fingerprint density at radius 3 is 2.52 bits per heavy atom. The molecule has 1 heterocycles. The number of hydrogen-bond donors (Lipinski definition) is 0. The van der Waals surface area contributed by atoms with E-state index in [0.29, 0.717) is 17.7 Å². The smallest absolute Gasteiger partial charge is 0.138 e. The van der Waals surface area contributed by atoms with Crippen molar-refractivity contribution < 1.29 is 8.78 Å². The first-order valence-corrected chi connectivity index (χ1v) is 7.47. The first-order valence-electron chi connectivity index (χ1n) is 7.47. The summed E-state index contributed by atoms with van der Waals surface area (Å²) in [6, 6.07) is 8.18. The molecule has 3 heteroatoms. The molecule has 3 rings (SSSR count). The second kappa shape index (κ2) is 5.55. The molecule has 1 aliphatic rings. The third kappa shape index (κ3) is 2.82. The van der Waals surface area contributed by atoms with Gasteiger partial charge in [0.1, 0.15) is 11.6 Å². The Labute approximate surface area is 124 Å². The number of nitrogens with zero attached hydrogens (tertiary/aromatic N) is 1. The van der Waals surface area contributed by atoms with Crippen molar-refractivity contribution in [3.8, 4) is 11.3 Å². The van der Waals surface area contributed by atoms with Crippen LogP contribution in [0.25, 0.3) is 11.3 Å². The van der Waals surface area contributed by atoms with Crippen LogP contribution in [0.5, 0.6) is 0 Å². The van der Waals surface area contributed by atoms with Crippen molar-refractivity contribution in [2.45, 2.75) is 39.0 Å². The molecule has 0 spiro atoms. The summed E-state index contributed by atoms with van der Waals surface area (Å²) in [5, 5.41) is 0. The average molecular weight is 287 g/mol. The van der Waals surface area contributed by atoms with Gasteiger partial charge >= 0.3 is 0 Å². The van der Waals surface area contributed by atoms with E-state index >= 15 is 0 Å². The first-order chi connectivity index (χ1) is 10.1. The first kappa shape index (κ1) is 14.2. The zero-order chi connectivity index (χ0) is 14.9. The minimum atomic E-state index is -0.457. The molecule has 1 aromatic carbocycles. The highest BCUT2D eigenvalue weighted by molar-refractivity contribution is 5.61. The number of aromatic nitrogens is 1. The number of rotatable bonds is 3. The zero-order valence-electron chi connectivity index (χ0n) is 12.2. The maximum Gasteiger partial charge on any atom is 0.138 e. The maximum atomic E-state index is 14.8. The van der Waals surface area contributed by atoms with Gasteiger partial charge in [0.15, 0.2) is 0 Å². The fraction of sp³-hybridized carbons (Fsp3) is 0.389. The van der Waals surface area contributed by atoms with Gasteiger partial charge in [0, 0.05) is 17.3 Å². The number of benzene rings is 1. The normalized spacial score (nSPS) is 17.1. The average Bonchev–Trinajstić information content (AvgIpc) is 2.91. The van der Waals surface area contributed by atoms with Crippen molar-refractivity contribution in [1.29, 1.82) is 0 Å². The Bertz CT molecular complexity index is 631. The summed E-state index contributed by atoms with van der Waals surface area (Å²) in [7, 11) is 0. The molecule has 0 amide bonds. The Kier molecular flexibility index (Phi) is 3.75. The van der Waals surface area contributed by atoms with Crippen LogP contribution in [0.3, 0.4) is 0 Å². The van der Waals surface area contributed by atoms with Gasteiger partial charge in [-0.2, -0.15) is 0 Å². The van der Waals surface area contributed by atoms with Crippen LogP contribution in [0.15, 0.2) is 36.5 Å². The van der Waals surface area contributed by atoms with Gasteiger partial charge in [0.2, 0.25) is 0 Å². The highest BCUT2D eigenvalue weighted by Crippen LogP contribution is 2.41. The fourth-order valence-electron chi connectivity index (χ4n) is 3.31. The van der Waals surface area contributed by atoms with E-state index in [1.807, 2.05) is 6.07 Å². The molecule has 0 unspecified atom stereocenters. The van der Waals surface area contributed by atoms with Crippen molar-refractivity contribution in [2.24, 2.45) is 5.41 Å². The summed E-state index contributed by atoms with van der Waals surface area (Å²) in [5.41, 5.74) is 1.16. The Morgan fingerprint density at radius 2 is 1.86 bits per heavy atom. The lowest BCUT2D eigenvalue weighted by atomic mass is 9.81. The minimum Gasteiger partial charge on any atom is -0.256 e. The standard InChI is InChI=1S/C18H19F2N/c1-18(9-3-4-10-18)12-14-15(19)8-7-13(17(14)20)16-6-2-5-11-21-16/h2,5-8,11H,3-4,9-10,12H2,1H3. The third-order valence-electron chi connectivity index (χ3n) is 4.54. The maximum absolute atomic E-state index is 14.8. The van der Waals surface area contributed by atoms with Gasteiger partial charge in [0.25, 0.3) is 0 Å². The molecule has 0 radical (unpaired) electrons. The van der Waals surface area contributed by atoms with Gasteiger partial charge in [-0.25, -0.2) is 8.78 Å². The highest BCUT2D eigenvalue weighted by Gasteiger charge is 2.31. The Hall–Kier alpha value is -1.77. The van der Waals surface area contributed by atoms with E-state index in [0.717, 1.165) is 25.7 Å². The SMILES string of the molecule is CC1(Cc2c(F)ccc(-c3ccccn3)c2F)CCCC1. The molecule has 0 atom stereocenters. The van der Waals surface area contributed by atoms with Gasteiger partial charge in [-0.1, -0.05) is 25.8 Å². The van der Waals surface area contributed by atoms with Crippen LogP contribution in [0.2, 0.25) is 0 Å². The molecular formula is C18H19F2N. The Balaban J connectivity index is 2.00. The zero-order valence-corrected chi connectivity index (χ0v) is 12.2. The van der Waals surface area contributed by atoms with Gasteiger partial charge in [-0.15, -0.1) is 0 Å². The molecule has 1 saturated carbocycles. The van der Waals surface area contributed by atoms with Crippen LogP contribution in [0.1, 0.15) is 38.2 Å². The van der Waals surface area contributed by atoms with Crippen LogP contribution >= 0.6 is 0 Å². The predicted octanol–water partition coefficient (Wildman–Crippen LogP) is 5.15. The summed E-state index contributed by atoms with van der Waals surface area (Å²) in [6.07, 6.45) is 6.47. The lowest BCUT2D eigenvalue weighted by molar-refractivity contribution is 0.323. The van der Waals surface area contributed by atoms with Crippen LogP contribution in [-0.2, 0) is 6.42 Å². The minimum absolute atomic E-state index is 0.0183. The molecule has 0 saturated heterocycles. The van der Waals surface area contributed by atoms with Gasteiger partial charge in [0.05, 0.1) is 5.69 Å². The van der Waals surface area contributed by atoms with E-state index in [1.54, 1.807) is 18.3 Å². The molecule has 1 fully saturated rings. The molecule has 1 aromatic heterocycles. The van der Waals surface area contributed by atoms with Crippen molar-refractivity contribution in [3.05, 3.63) is 53.7 Å². The van der Waals surface area contributed by atoms with Crippen LogP contribution < -0.4 is 0 Å². The van der Waals surface area contributed by atoms with E-state index in [-0.39, 0.29) is 11.0 Å².